The Labute approximate surface area is 387 Å². The van der Waals surface area contributed by atoms with Crippen LogP contribution in [0.3, 0.4) is 0 Å². The number of hydrogen-bond acceptors (Lipinski definition) is 4. The van der Waals surface area contributed by atoms with Gasteiger partial charge in [0.1, 0.15) is 24.0 Å². The number of rotatable bonds is 8. The third kappa shape index (κ3) is 8.09. The van der Waals surface area contributed by atoms with Crippen LogP contribution < -0.4 is 14.5 Å². The van der Waals surface area contributed by atoms with E-state index in [0.717, 1.165) is 45.0 Å². The zero-order chi connectivity index (χ0) is 46.2. The van der Waals surface area contributed by atoms with Gasteiger partial charge in [-0.2, -0.15) is 0 Å². The summed E-state index contributed by atoms with van der Waals surface area (Å²) in [7, 11) is 0. The molecule has 0 bridgehead atoms. The lowest BCUT2D eigenvalue weighted by Crippen LogP contribution is -2.34. The Bertz CT molecular complexity index is 3070. The third-order valence-corrected chi connectivity index (χ3v) is 14.3. The molecule has 0 atom stereocenters. The van der Waals surface area contributed by atoms with Crippen LogP contribution in [0.1, 0.15) is 118 Å². The zero-order valence-corrected chi connectivity index (χ0v) is 40.8. The first-order valence-corrected chi connectivity index (χ1v) is 23.4. The Morgan fingerprint density at radius 1 is 0.523 bits per heavy atom. The maximum atomic E-state index is 7.10. The second kappa shape index (κ2) is 16.0. The van der Waals surface area contributed by atoms with Gasteiger partial charge < -0.3 is 14.5 Å². The van der Waals surface area contributed by atoms with Crippen molar-refractivity contribution in [1.82, 2.24) is 9.55 Å². The molecule has 1 aliphatic rings. The lowest BCUT2D eigenvalue weighted by Gasteiger charge is -2.40. The molecule has 0 spiro atoms. The second-order valence-corrected chi connectivity index (χ2v) is 22.1. The number of aromatic nitrogens is 2. The van der Waals surface area contributed by atoms with Crippen LogP contribution in [-0.4, -0.2) is 16.2 Å². The molecular formula is C60H66N4O. The number of hydrogen-bond donors (Lipinski definition) is 0. The molecule has 0 fully saturated rings. The number of benzene rings is 6. The van der Waals surface area contributed by atoms with Crippen LogP contribution in [-0.2, 0) is 16.2 Å². The van der Waals surface area contributed by atoms with E-state index in [1.807, 2.05) is 6.20 Å². The van der Waals surface area contributed by atoms with Crippen molar-refractivity contribution in [3.63, 3.8) is 0 Å². The minimum atomic E-state index is -0.0317. The van der Waals surface area contributed by atoms with Crippen molar-refractivity contribution in [3.8, 4) is 28.4 Å². The predicted octanol–water partition coefficient (Wildman–Crippen LogP) is 16.9. The van der Waals surface area contributed by atoms with Crippen LogP contribution in [0.5, 0.6) is 11.5 Å². The summed E-state index contributed by atoms with van der Waals surface area (Å²) in [4.78, 5) is 9.90. The van der Waals surface area contributed by atoms with E-state index in [2.05, 4.69) is 244 Å². The van der Waals surface area contributed by atoms with Crippen molar-refractivity contribution in [2.24, 2.45) is 5.41 Å². The molecule has 0 radical (unpaired) electrons. The summed E-state index contributed by atoms with van der Waals surface area (Å²) in [5, 5.41) is 2.35. The molecule has 6 aromatic carbocycles. The van der Waals surface area contributed by atoms with Crippen LogP contribution in [0.15, 0.2) is 146 Å². The molecule has 5 nitrogen and oxygen atoms in total. The largest absolute Gasteiger partial charge is 0.457 e. The first kappa shape index (κ1) is 43.9. The maximum Gasteiger partial charge on any atom is 0.137 e. The van der Waals surface area contributed by atoms with Crippen LogP contribution in [0.2, 0.25) is 0 Å². The van der Waals surface area contributed by atoms with Gasteiger partial charge in [0.2, 0.25) is 0 Å². The highest BCUT2D eigenvalue weighted by Crippen LogP contribution is 2.49. The number of pyridine rings is 1. The van der Waals surface area contributed by atoms with Crippen LogP contribution in [0.25, 0.3) is 38.8 Å². The van der Waals surface area contributed by atoms with E-state index in [0.29, 0.717) is 12.6 Å². The van der Waals surface area contributed by atoms with Gasteiger partial charge in [-0.1, -0.05) is 151 Å². The standard InChI is InChI=1S/C60H66N4O/c1-39(2)48-21-14-15-22-49(48)40-31-45(63-38-62(53-28-25-41(34-55(53)63)57(3,4)5)44-20-18-19-43(33-44)60(12,13)59(9,10)11)36-47(32-40)65-46-26-27-51-50-23-16-17-24-52(50)64(54(51)37-46)56-35-42(29-30-61-56)58(6,7)8/h14-37,39H,38H2,1-13H3. The molecule has 5 heteroatoms. The monoisotopic (exact) mass is 859 g/mol. The quantitative estimate of drug-likeness (QED) is 0.152. The van der Waals surface area contributed by atoms with E-state index in [1.54, 1.807) is 0 Å². The fourth-order valence-electron chi connectivity index (χ4n) is 9.29. The fraction of sp³-hybridized carbons (Fsp3) is 0.317. The molecule has 8 aromatic rings. The Morgan fingerprint density at radius 3 is 1.95 bits per heavy atom. The predicted molar refractivity (Wildman–Crippen MR) is 277 cm³/mol. The number of ether oxygens (including phenoxy) is 1. The molecule has 2 aromatic heterocycles. The van der Waals surface area contributed by atoms with E-state index >= 15 is 0 Å². The summed E-state index contributed by atoms with van der Waals surface area (Å²) in [5.74, 6) is 2.79. The number of anilines is 4. The molecule has 0 N–H and O–H groups in total. The Balaban J connectivity index is 1.20. The van der Waals surface area contributed by atoms with E-state index < -0.39 is 0 Å². The van der Waals surface area contributed by atoms with Crippen LogP contribution >= 0.6 is 0 Å². The number of nitrogens with zero attached hydrogens (tertiary/aromatic N) is 4. The van der Waals surface area contributed by atoms with Crippen LogP contribution in [0.4, 0.5) is 22.7 Å². The van der Waals surface area contributed by atoms with Crippen molar-refractivity contribution in [1.29, 1.82) is 0 Å². The van der Waals surface area contributed by atoms with E-state index in [4.69, 9.17) is 9.72 Å². The second-order valence-electron chi connectivity index (χ2n) is 22.1. The van der Waals surface area contributed by atoms with Gasteiger partial charge in [0.15, 0.2) is 0 Å². The van der Waals surface area contributed by atoms with Gasteiger partial charge >= 0.3 is 0 Å². The maximum absolute atomic E-state index is 7.10. The summed E-state index contributed by atoms with van der Waals surface area (Å²) in [6.07, 6.45) is 1.93. The summed E-state index contributed by atoms with van der Waals surface area (Å²) >= 11 is 0. The molecule has 0 unspecified atom stereocenters. The van der Waals surface area contributed by atoms with Gasteiger partial charge in [-0.15, -0.1) is 0 Å². The van der Waals surface area contributed by atoms with E-state index in [-0.39, 0.29) is 21.7 Å². The smallest absolute Gasteiger partial charge is 0.137 e. The van der Waals surface area contributed by atoms with Crippen molar-refractivity contribution >= 4 is 44.6 Å². The van der Waals surface area contributed by atoms with Gasteiger partial charge in [0.25, 0.3) is 0 Å². The summed E-state index contributed by atoms with van der Waals surface area (Å²) in [6.45, 7) is 30.6. The highest BCUT2D eigenvalue weighted by Gasteiger charge is 2.36. The molecule has 65 heavy (non-hydrogen) atoms. The van der Waals surface area contributed by atoms with E-state index in [1.165, 1.54) is 50.3 Å². The van der Waals surface area contributed by atoms with Crippen LogP contribution in [0, 0.1) is 5.41 Å². The lowest BCUT2D eigenvalue weighted by molar-refractivity contribution is 0.225. The lowest BCUT2D eigenvalue weighted by atomic mass is 9.65. The van der Waals surface area contributed by atoms with Crippen molar-refractivity contribution in [2.75, 3.05) is 16.5 Å². The van der Waals surface area contributed by atoms with E-state index in [9.17, 15) is 0 Å². The van der Waals surface area contributed by atoms with Gasteiger partial charge in [0.05, 0.1) is 22.4 Å². The Kier molecular flexibility index (Phi) is 10.8. The van der Waals surface area contributed by atoms with Crippen molar-refractivity contribution in [3.05, 3.63) is 168 Å². The molecule has 332 valence electrons. The zero-order valence-electron chi connectivity index (χ0n) is 40.8. The molecule has 0 aliphatic carbocycles. The molecule has 0 saturated heterocycles. The Hall–Kier alpha value is -6.33. The Morgan fingerprint density at radius 2 is 1.22 bits per heavy atom. The molecular weight excluding hydrogens is 793 g/mol. The first-order chi connectivity index (χ1) is 30.7. The summed E-state index contributed by atoms with van der Waals surface area (Å²) in [6, 6.07) is 51.3. The minimum absolute atomic E-state index is 0.0178. The van der Waals surface area contributed by atoms with Crippen molar-refractivity contribution in [2.45, 2.75) is 112 Å². The average Bonchev–Trinajstić information content (AvgIpc) is 3.81. The highest BCUT2D eigenvalue weighted by molar-refractivity contribution is 6.09. The van der Waals surface area contributed by atoms with Crippen molar-refractivity contribution < 1.29 is 4.74 Å². The average molecular weight is 859 g/mol. The minimum Gasteiger partial charge on any atom is -0.457 e. The molecule has 0 saturated carbocycles. The summed E-state index contributed by atoms with van der Waals surface area (Å²) in [5.41, 5.74) is 14.4. The molecule has 9 rings (SSSR count). The topological polar surface area (TPSA) is 33.5 Å². The molecule has 0 amide bonds. The van der Waals surface area contributed by atoms with Gasteiger partial charge in [0, 0.05) is 40.5 Å². The van der Waals surface area contributed by atoms with Gasteiger partial charge in [-0.3, -0.25) is 4.57 Å². The number of para-hydroxylation sites is 1. The van der Waals surface area contributed by atoms with Gasteiger partial charge in [-0.25, -0.2) is 4.98 Å². The highest BCUT2D eigenvalue weighted by atomic mass is 16.5. The number of fused-ring (bicyclic) bond motifs is 4. The summed E-state index contributed by atoms with van der Waals surface area (Å²) < 4.78 is 9.39. The normalized spacial score (nSPS) is 13.6. The fourth-order valence-corrected chi connectivity index (χ4v) is 9.29. The third-order valence-electron chi connectivity index (χ3n) is 14.3. The molecule has 1 aliphatic heterocycles. The SMILES string of the molecule is CC(C)c1ccccc1-c1cc(Oc2ccc3c4ccccc4n(-c4cc(C(C)(C)C)ccn4)c3c2)cc(N2CN(c3cccc(C(C)(C)C(C)(C)C)c3)c3ccc(C(C)(C)C)cc32)c1. The first-order valence-electron chi connectivity index (χ1n) is 23.4. The molecule has 3 heterocycles. The van der Waals surface area contributed by atoms with Gasteiger partial charge in [-0.05, 0) is 128 Å².